The van der Waals surface area contributed by atoms with Crippen LogP contribution in [0.5, 0.6) is 0 Å². The Labute approximate surface area is 82.1 Å². The van der Waals surface area contributed by atoms with E-state index in [1.807, 2.05) is 0 Å². The quantitative estimate of drug-likeness (QED) is 0.696. The number of nitrogens with two attached hydrogens (primary N) is 1. The van der Waals surface area contributed by atoms with Crippen LogP contribution >= 0.6 is 0 Å². The molecule has 2 saturated carbocycles. The van der Waals surface area contributed by atoms with Gasteiger partial charge in [-0.15, -0.1) is 0 Å². The molecule has 0 radical (unpaired) electrons. The van der Waals surface area contributed by atoms with Crippen LogP contribution in [0.2, 0.25) is 0 Å². The maximum absolute atomic E-state index is 6.42. The fraction of sp³-hybridized carbons (Fsp3) is 1.00. The molecule has 0 bridgehead atoms. The van der Waals surface area contributed by atoms with E-state index in [2.05, 4.69) is 13.8 Å². The lowest BCUT2D eigenvalue weighted by Gasteiger charge is -2.31. The summed E-state index contributed by atoms with van der Waals surface area (Å²) in [6.45, 7) is 4.66. The Morgan fingerprint density at radius 2 is 1.85 bits per heavy atom. The van der Waals surface area contributed by atoms with Crippen LogP contribution < -0.4 is 5.73 Å². The summed E-state index contributed by atoms with van der Waals surface area (Å²) in [5.41, 5.74) is 6.69. The van der Waals surface area contributed by atoms with Crippen molar-refractivity contribution >= 4 is 0 Å². The zero-order chi connectivity index (χ0) is 9.47. The molecule has 0 aromatic heterocycles. The predicted octanol–water partition coefficient (Wildman–Crippen LogP) is 2.94. The van der Waals surface area contributed by atoms with Gasteiger partial charge in [0.2, 0.25) is 0 Å². The molecule has 13 heavy (non-hydrogen) atoms. The third-order valence-corrected chi connectivity index (χ3v) is 4.47. The van der Waals surface area contributed by atoms with Gasteiger partial charge in [0.05, 0.1) is 0 Å². The molecule has 0 heterocycles. The summed E-state index contributed by atoms with van der Waals surface area (Å²) >= 11 is 0. The van der Waals surface area contributed by atoms with E-state index in [9.17, 15) is 0 Å². The van der Waals surface area contributed by atoms with Crippen molar-refractivity contribution in [2.24, 2.45) is 23.5 Å². The molecular weight excluding hydrogens is 158 g/mol. The van der Waals surface area contributed by atoms with Crippen LogP contribution in [0.1, 0.15) is 52.4 Å². The van der Waals surface area contributed by atoms with Crippen molar-refractivity contribution in [2.45, 2.75) is 57.9 Å². The second-order valence-electron chi connectivity index (χ2n) is 5.38. The van der Waals surface area contributed by atoms with E-state index in [1.54, 1.807) is 0 Å². The second kappa shape index (κ2) is 3.27. The molecule has 76 valence electrons. The van der Waals surface area contributed by atoms with Crippen molar-refractivity contribution in [2.75, 3.05) is 0 Å². The summed E-state index contributed by atoms with van der Waals surface area (Å²) in [4.78, 5) is 0. The maximum atomic E-state index is 6.42. The average molecular weight is 181 g/mol. The van der Waals surface area contributed by atoms with E-state index >= 15 is 0 Å². The normalized spacial score (nSPS) is 50.5. The van der Waals surface area contributed by atoms with Gasteiger partial charge in [0.25, 0.3) is 0 Å². The Bertz CT molecular complexity index is 182. The Morgan fingerprint density at radius 1 is 1.23 bits per heavy atom. The van der Waals surface area contributed by atoms with Crippen molar-refractivity contribution in [1.82, 2.24) is 0 Å². The van der Waals surface area contributed by atoms with Crippen molar-refractivity contribution < 1.29 is 0 Å². The molecule has 0 aromatic carbocycles. The third-order valence-electron chi connectivity index (χ3n) is 4.47. The van der Waals surface area contributed by atoms with Gasteiger partial charge in [0.1, 0.15) is 0 Å². The smallest absolute Gasteiger partial charge is 0.0215 e. The van der Waals surface area contributed by atoms with Crippen LogP contribution in [-0.2, 0) is 0 Å². The van der Waals surface area contributed by atoms with Crippen LogP contribution in [0.3, 0.4) is 0 Å². The van der Waals surface area contributed by atoms with Gasteiger partial charge < -0.3 is 5.73 Å². The Morgan fingerprint density at radius 3 is 2.31 bits per heavy atom. The van der Waals surface area contributed by atoms with Gasteiger partial charge in [0.15, 0.2) is 0 Å². The second-order valence-corrected chi connectivity index (χ2v) is 5.38. The highest BCUT2D eigenvalue weighted by molar-refractivity contribution is 5.11. The van der Waals surface area contributed by atoms with Gasteiger partial charge in [-0.05, 0) is 37.0 Å². The summed E-state index contributed by atoms with van der Waals surface area (Å²) in [6, 6.07) is 0. The SMILES string of the molecule is CCC1CC1(N)C1CCC(C)CC1. The fourth-order valence-electron chi connectivity index (χ4n) is 3.19. The molecular formula is C12H23N. The molecule has 1 heteroatoms. The molecule has 0 aliphatic heterocycles. The van der Waals surface area contributed by atoms with Crippen LogP contribution in [0.25, 0.3) is 0 Å². The van der Waals surface area contributed by atoms with Crippen LogP contribution in [0.15, 0.2) is 0 Å². The first-order valence-corrected chi connectivity index (χ1v) is 5.95. The maximum Gasteiger partial charge on any atom is 0.0215 e. The molecule has 2 fully saturated rings. The first kappa shape index (κ1) is 9.51. The van der Waals surface area contributed by atoms with E-state index in [0.29, 0.717) is 0 Å². The first-order valence-electron chi connectivity index (χ1n) is 5.95. The summed E-state index contributed by atoms with van der Waals surface area (Å²) in [6.07, 6.45) is 8.23. The molecule has 1 nitrogen and oxygen atoms in total. The molecule has 0 aromatic rings. The predicted molar refractivity (Wildman–Crippen MR) is 56.4 cm³/mol. The lowest BCUT2D eigenvalue weighted by atomic mass is 9.77. The fourth-order valence-corrected chi connectivity index (χ4v) is 3.19. The van der Waals surface area contributed by atoms with Gasteiger partial charge in [0, 0.05) is 5.54 Å². The van der Waals surface area contributed by atoms with Gasteiger partial charge in [-0.3, -0.25) is 0 Å². The van der Waals surface area contributed by atoms with Gasteiger partial charge in [-0.25, -0.2) is 0 Å². The lowest BCUT2D eigenvalue weighted by molar-refractivity contribution is 0.233. The molecule has 0 amide bonds. The highest BCUT2D eigenvalue weighted by atomic mass is 14.9. The largest absolute Gasteiger partial charge is 0.325 e. The molecule has 2 atom stereocenters. The minimum atomic E-state index is 0.273. The Balaban J connectivity index is 1.89. The summed E-state index contributed by atoms with van der Waals surface area (Å²) in [7, 11) is 0. The molecule has 0 spiro atoms. The monoisotopic (exact) mass is 181 g/mol. The molecule has 2 unspecified atom stereocenters. The standard InChI is InChI=1S/C12H23N/c1-3-10-8-12(10,13)11-6-4-9(2)5-7-11/h9-11H,3-8,13H2,1-2H3. The minimum absolute atomic E-state index is 0.273. The van der Waals surface area contributed by atoms with Gasteiger partial charge in [-0.2, -0.15) is 0 Å². The molecule has 0 saturated heterocycles. The third kappa shape index (κ3) is 1.63. The lowest BCUT2D eigenvalue weighted by Crippen LogP contribution is -2.37. The van der Waals surface area contributed by atoms with Crippen molar-refractivity contribution in [3.63, 3.8) is 0 Å². The summed E-state index contributed by atoms with van der Waals surface area (Å²) in [5.74, 6) is 2.67. The van der Waals surface area contributed by atoms with E-state index in [4.69, 9.17) is 5.73 Å². The van der Waals surface area contributed by atoms with Gasteiger partial charge >= 0.3 is 0 Å². The zero-order valence-corrected chi connectivity index (χ0v) is 9.05. The Hall–Kier alpha value is -0.0400. The topological polar surface area (TPSA) is 26.0 Å². The number of rotatable bonds is 2. The summed E-state index contributed by atoms with van der Waals surface area (Å²) in [5, 5.41) is 0. The van der Waals surface area contributed by atoms with E-state index in [0.717, 1.165) is 17.8 Å². The molecule has 2 aliphatic rings. The molecule has 2 N–H and O–H groups in total. The average Bonchev–Trinajstić information content (AvgIpc) is 2.80. The minimum Gasteiger partial charge on any atom is -0.325 e. The van der Waals surface area contributed by atoms with Crippen LogP contribution in [0, 0.1) is 17.8 Å². The van der Waals surface area contributed by atoms with E-state index in [-0.39, 0.29) is 5.54 Å². The van der Waals surface area contributed by atoms with Gasteiger partial charge in [-0.1, -0.05) is 33.1 Å². The summed E-state index contributed by atoms with van der Waals surface area (Å²) < 4.78 is 0. The van der Waals surface area contributed by atoms with Crippen LogP contribution in [-0.4, -0.2) is 5.54 Å². The highest BCUT2D eigenvalue weighted by Gasteiger charge is 2.54. The highest BCUT2D eigenvalue weighted by Crippen LogP contribution is 2.53. The number of hydrogen-bond donors (Lipinski definition) is 1. The van der Waals surface area contributed by atoms with Crippen molar-refractivity contribution in [3.05, 3.63) is 0 Å². The van der Waals surface area contributed by atoms with E-state index < -0.39 is 0 Å². The molecule has 2 rings (SSSR count). The Kier molecular flexibility index (Phi) is 2.39. The molecule has 2 aliphatic carbocycles. The zero-order valence-electron chi connectivity index (χ0n) is 9.05. The van der Waals surface area contributed by atoms with Crippen molar-refractivity contribution in [1.29, 1.82) is 0 Å². The first-order chi connectivity index (χ1) is 6.16. The number of hydrogen-bond acceptors (Lipinski definition) is 1. The van der Waals surface area contributed by atoms with Crippen LogP contribution in [0.4, 0.5) is 0 Å². The van der Waals surface area contributed by atoms with E-state index in [1.165, 1.54) is 38.5 Å². The van der Waals surface area contributed by atoms with Crippen molar-refractivity contribution in [3.8, 4) is 0 Å².